The minimum atomic E-state index is -0.716. The Bertz CT molecular complexity index is 976. The Labute approximate surface area is 179 Å². The first-order valence-electron chi connectivity index (χ1n) is 10.2. The van der Waals surface area contributed by atoms with Gasteiger partial charge in [0, 0.05) is 5.25 Å². The first-order chi connectivity index (χ1) is 14.5. The highest BCUT2D eigenvalue weighted by molar-refractivity contribution is 7.99. The van der Waals surface area contributed by atoms with Crippen LogP contribution in [0.1, 0.15) is 56.4 Å². The smallest absolute Gasteiger partial charge is 0.331 e. The fourth-order valence-electron chi connectivity index (χ4n) is 3.87. The van der Waals surface area contributed by atoms with E-state index in [0.717, 1.165) is 15.6 Å². The SMILES string of the molecule is C[C@H](c1ccccc1)N1C(=O)NC(=O)/C(=C/c2ccc(SC3CCCCC3)o2)C1=O. The number of furan rings is 1. The lowest BCUT2D eigenvalue weighted by Gasteiger charge is -2.31. The molecule has 6 nitrogen and oxygen atoms in total. The molecule has 1 saturated heterocycles. The number of hydrogen-bond donors (Lipinski definition) is 1. The standard InChI is InChI=1S/C23H24N2O4S/c1-15(16-8-4-2-5-9-16)25-22(27)19(21(26)24-23(25)28)14-17-12-13-20(29-17)30-18-10-6-3-7-11-18/h2,4-5,8-9,12-15,18H,3,6-7,10-11H2,1H3,(H,24,26,28)/b19-14-/t15-/m1/s1. The molecule has 1 atom stereocenters. The lowest BCUT2D eigenvalue weighted by molar-refractivity contribution is -0.131. The monoisotopic (exact) mass is 424 g/mol. The zero-order valence-electron chi connectivity index (χ0n) is 16.8. The number of amides is 4. The summed E-state index contributed by atoms with van der Waals surface area (Å²) in [6.07, 6.45) is 7.55. The van der Waals surface area contributed by atoms with Gasteiger partial charge in [-0.3, -0.25) is 19.8 Å². The van der Waals surface area contributed by atoms with Crippen molar-refractivity contribution in [3.8, 4) is 0 Å². The molecule has 2 aromatic rings. The largest absolute Gasteiger partial charge is 0.450 e. The first kappa shape index (κ1) is 20.5. The van der Waals surface area contributed by atoms with Crippen LogP contribution in [0.2, 0.25) is 0 Å². The summed E-state index contributed by atoms with van der Waals surface area (Å²) in [7, 11) is 0. The minimum Gasteiger partial charge on any atom is -0.450 e. The molecule has 2 heterocycles. The van der Waals surface area contributed by atoms with Gasteiger partial charge in [0.2, 0.25) is 0 Å². The fourth-order valence-corrected chi connectivity index (χ4v) is 5.06. The number of rotatable bonds is 5. The number of nitrogens with zero attached hydrogens (tertiary/aromatic N) is 1. The Balaban J connectivity index is 1.54. The third kappa shape index (κ3) is 4.36. The Morgan fingerprint density at radius 1 is 1.07 bits per heavy atom. The first-order valence-corrected chi connectivity index (χ1v) is 11.1. The van der Waals surface area contributed by atoms with Crippen molar-refractivity contribution in [1.29, 1.82) is 0 Å². The highest BCUT2D eigenvalue weighted by Gasteiger charge is 2.39. The molecule has 2 fully saturated rings. The molecule has 1 aromatic carbocycles. The summed E-state index contributed by atoms with van der Waals surface area (Å²) in [5, 5.41) is 3.59. The molecule has 0 unspecified atom stereocenters. The average Bonchev–Trinajstić information content (AvgIpc) is 3.19. The van der Waals surface area contributed by atoms with E-state index in [1.54, 1.807) is 24.8 Å². The van der Waals surface area contributed by atoms with Crippen molar-refractivity contribution in [2.24, 2.45) is 0 Å². The van der Waals surface area contributed by atoms with E-state index in [4.69, 9.17) is 4.42 Å². The molecular weight excluding hydrogens is 400 g/mol. The van der Waals surface area contributed by atoms with Crippen LogP contribution in [0.5, 0.6) is 0 Å². The van der Waals surface area contributed by atoms with Gasteiger partial charge in [-0.25, -0.2) is 4.79 Å². The van der Waals surface area contributed by atoms with Crippen molar-refractivity contribution in [3.05, 3.63) is 59.4 Å². The number of thioether (sulfide) groups is 1. The van der Waals surface area contributed by atoms with Gasteiger partial charge in [0.15, 0.2) is 5.09 Å². The Morgan fingerprint density at radius 3 is 2.53 bits per heavy atom. The summed E-state index contributed by atoms with van der Waals surface area (Å²) >= 11 is 1.71. The van der Waals surface area contributed by atoms with E-state index in [1.165, 1.54) is 38.2 Å². The summed E-state index contributed by atoms with van der Waals surface area (Å²) < 4.78 is 5.84. The van der Waals surface area contributed by atoms with Crippen LogP contribution in [-0.2, 0) is 9.59 Å². The van der Waals surface area contributed by atoms with Crippen LogP contribution in [0.3, 0.4) is 0 Å². The van der Waals surface area contributed by atoms with E-state index < -0.39 is 23.9 Å². The number of imide groups is 2. The third-order valence-corrected chi connectivity index (χ3v) is 6.78. The predicted molar refractivity (Wildman–Crippen MR) is 115 cm³/mol. The van der Waals surface area contributed by atoms with Gasteiger partial charge >= 0.3 is 6.03 Å². The second-order valence-corrected chi connectivity index (χ2v) is 8.92. The summed E-state index contributed by atoms with van der Waals surface area (Å²) in [6, 6.07) is 11.6. The highest BCUT2D eigenvalue weighted by Crippen LogP contribution is 2.35. The maximum Gasteiger partial charge on any atom is 0.331 e. The van der Waals surface area contributed by atoms with Gasteiger partial charge in [-0.15, -0.1) is 0 Å². The maximum atomic E-state index is 13.0. The molecule has 1 aliphatic carbocycles. The normalized spacial score (nSPS) is 20.5. The summed E-state index contributed by atoms with van der Waals surface area (Å²) in [4.78, 5) is 38.8. The van der Waals surface area contributed by atoms with Crippen LogP contribution < -0.4 is 5.32 Å². The molecule has 0 spiro atoms. The van der Waals surface area contributed by atoms with Crippen molar-refractivity contribution in [1.82, 2.24) is 10.2 Å². The second-order valence-electron chi connectivity index (χ2n) is 7.61. The molecule has 4 rings (SSSR count). The third-order valence-electron chi connectivity index (χ3n) is 5.53. The topological polar surface area (TPSA) is 79.6 Å². The van der Waals surface area contributed by atoms with E-state index in [-0.39, 0.29) is 5.57 Å². The van der Waals surface area contributed by atoms with Gasteiger partial charge < -0.3 is 4.42 Å². The zero-order valence-corrected chi connectivity index (χ0v) is 17.6. The fraction of sp³-hybridized carbons (Fsp3) is 0.348. The second kappa shape index (κ2) is 8.92. The Hall–Kier alpha value is -2.80. The zero-order chi connectivity index (χ0) is 21.1. The summed E-state index contributed by atoms with van der Waals surface area (Å²) in [6.45, 7) is 1.76. The van der Waals surface area contributed by atoms with E-state index in [2.05, 4.69) is 5.32 Å². The van der Waals surface area contributed by atoms with Crippen LogP contribution in [0.4, 0.5) is 4.79 Å². The lowest BCUT2D eigenvalue weighted by atomic mass is 10.0. The van der Waals surface area contributed by atoms with E-state index in [0.29, 0.717) is 11.0 Å². The minimum absolute atomic E-state index is 0.110. The number of nitrogens with one attached hydrogen (secondary N) is 1. The van der Waals surface area contributed by atoms with Crippen molar-refractivity contribution < 1.29 is 18.8 Å². The molecule has 0 radical (unpaired) electrons. The molecule has 1 aliphatic heterocycles. The van der Waals surface area contributed by atoms with Crippen molar-refractivity contribution in [3.63, 3.8) is 0 Å². The van der Waals surface area contributed by atoms with Crippen LogP contribution in [-0.4, -0.2) is 28.0 Å². The van der Waals surface area contributed by atoms with Crippen LogP contribution in [0.25, 0.3) is 6.08 Å². The van der Waals surface area contributed by atoms with Gasteiger partial charge in [0.25, 0.3) is 11.8 Å². The Kier molecular flexibility index (Phi) is 6.08. The van der Waals surface area contributed by atoms with Crippen molar-refractivity contribution >= 4 is 35.7 Å². The van der Waals surface area contributed by atoms with Crippen molar-refractivity contribution in [2.75, 3.05) is 0 Å². The van der Waals surface area contributed by atoms with Gasteiger partial charge in [-0.05, 0) is 43.5 Å². The lowest BCUT2D eigenvalue weighted by Crippen LogP contribution is -2.54. The highest BCUT2D eigenvalue weighted by atomic mass is 32.2. The van der Waals surface area contributed by atoms with Gasteiger partial charge in [-0.2, -0.15) is 0 Å². The summed E-state index contributed by atoms with van der Waals surface area (Å²) in [5.74, 6) is -0.911. The molecule has 156 valence electrons. The Morgan fingerprint density at radius 2 is 1.80 bits per heavy atom. The van der Waals surface area contributed by atoms with Gasteiger partial charge in [0.05, 0.1) is 6.04 Å². The number of benzene rings is 1. The number of urea groups is 1. The van der Waals surface area contributed by atoms with E-state index in [9.17, 15) is 14.4 Å². The molecular formula is C23H24N2O4S. The molecule has 7 heteroatoms. The van der Waals surface area contributed by atoms with E-state index in [1.807, 2.05) is 36.4 Å². The quantitative estimate of drug-likeness (QED) is 0.544. The molecule has 0 bridgehead atoms. The number of barbiturate groups is 1. The average molecular weight is 425 g/mol. The van der Waals surface area contributed by atoms with Crippen LogP contribution >= 0.6 is 11.8 Å². The number of carbonyl (C=O) groups excluding carboxylic acids is 3. The molecule has 4 amide bonds. The molecule has 30 heavy (non-hydrogen) atoms. The summed E-state index contributed by atoms with van der Waals surface area (Å²) in [5.41, 5.74) is 0.694. The number of hydrogen-bond acceptors (Lipinski definition) is 5. The molecule has 2 aliphatic rings. The molecule has 1 N–H and O–H groups in total. The van der Waals surface area contributed by atoms with E-state index >= 15 is 0 Å². The van der Waals surface area contributed by atoms with Crippen LogP contribution in [0.15, 0.2) is 57.5 Å². The maximum absolute atomic E-state index is 13.0. The molecule has 1 aromatic heterocycles. The molecule has 1 saturated carbocycles. The van der Waals surface area contributed by atoms with Crippen LogP contribution in [0, 0.1) is 0 Å². The number of carbonyl (C=O) groups is 3. The predicted octanol–water partition coefficient (Wildman–Crippen LogP) is 4.93. The van der Waals surface area contributed by atoms with Crippen molar-refractivity contribution in [2.45, 2.75) is 55.4 Å². The van der Waals surface area contributed by atoms with Gasteiger partial charge in [-0.1, -0.05) is 61.4 Å². The van der Waals surface area contributed by atoms with Gasteiger partial charge in [0.1, 0.15) is 11.3 Å².